The second kappa shape index (κ2) is 21.4. The van der Waals surface area contributed by atoms with Crippen LogP contribution in [0, 0.1) is 11.8 Å². The van der Waals surface area contributed by atoms with E-state index in [0.29, 0.717) is 13.1 Å². The number of carboxylic acid groups (broad SMARTS) is 1. The van der Waals surface area contributed by atoms with Gasteiger partial charge in [-0.15, -0.1) is 0 Å². The maximum Gasteiger partial charge on any atom is 0.326 e. The van der Waals surface area contributed by atoms with E-state index in [-0.39, 0.29) is 18.2 Å². The minimum Gasteiger partial charge on any atom is -0.480 e. The minimum absolute atomic E-state index is 0.0114. The van der Waals surface area contributed by atoms with Gasteiger partial charge in [0.05, 0.1) is 12.5 Å². The van der Waals surface area contributed by atoms with Crippen LogP contribution in [0.2, 0.25) is 0 Å². The Hall–Kier alpha value is -4.53. The first-order chi connectivity index (χ1) is 25.4. The van der Waals surface area contributed by atoms with Crippen molar-refractivity contribution in [2.75, 3.05) is 41.3 Å². The van der Waals surface area contributed by atoms with Crippen molar-refractivity contribution < 1.29 is 38.7 Å². The summed E-state index contributed by atoms with van der Waals surface area (Å²) >= 11 is 0. The van der Waals surface area contributed by atoms with Crippen LogP contribution in [0.25, 0.3) is 0 Å². The molecule has 0 aromatic heterocycles. The van der Waals surface area contributed by atoms with Crippen LogP contribution in [0.1, 0.15) is 79.2 Å². The van der Waals surface area contributed by atoms with Crippen LogP contribution >= 0.6 is 0 Å². The number of hydrogen-bond donors (Lipinski definition) is 4. The third-order valence-electron chi connectivity index (χ3n) is 10.6. The van der Waals surface area contributed by atoms with E-state index in [1.165, 1.54) is 37.9 Å². The number of carbonyl (C=O) groups excluding carboxylic acids is 6. The number of likely N-dealkylation sites (tertiary alicyclic amines) is 1. The molecule has 1 aliphatic heterocycles. The first-order valence-corrected chi connectivity index (χ1v) is 19.0. The quantitative estimate of drug-likeness (QED) is 0.162. The molecule has 302 valence electrons. The normalized spacial score (nSPS) is 16.8. The molecule has 1 fully saturated rings. The maximum atomic E-state index is 14.5. The van der Waals surface area contributed by atoms with Gasteiger partial charge in [0.2, 0.25) is 35.4 Å². The molecule has 15 heteroatoms. The van der Waals surface area contributed by atoms with Crippen molar-refractivity contribution >= 4 is 41.4 Å². The Bertz CT molecular complexity index is 1450. The zero-order valence-electron chi connectivity index (χ0n) is 33.8. The van der Waals surface area contributed by atoms with E-state index in [2.05, 4.69) is 16.0 Å². The third-order valence-corrected chi connectivity index (χ3v) is 10.6. The molecule has 1 aromatic carbocycles. The highest BCUT2D eigenvalue weighted by Crippen LogP contribution is 2.19. The van der Waals surface area contributed by atoms with Crippen molar-refractivity contribution in [3.63, 3.8) is 0 Å². The summed E-state index contributed by atoms with van der Waals surface area (Å²) in [4.78, 5) is 99.5. The number of carboxylic acids is 1. The van der Waals surface area contributed by atoms with Gasteiger partial charge in [0, 0.05) is 40.7 Å². The fourth-order valence-corrected chi connectivity index (χ4v) is 6.75. The van der Waals surface area contributed by atoms with Crippen molar-refractivity contribution in [3.05, 3.63) is 35.9 Å². The van der Waals surface area contributed by atoms with Gasteiger partial charge in [-0.3, -0.25) is 28.8 Å². The van der Waals surface area contributed by atoms with E-state index in [9.17, 15) is 38.7 Å². The van der Waals surface area contributed by atoms with Gasteiger partial charge < -0.3 is 40.7 Å². The zero-order valence-corrected chi connectivity index (χ0v) is 33.8. The van der Waals surface area contributed by atoms with Crippen molar-refractivity contribution in [1.29, 1.82) is 0 Å². The molecule has 0 bridgehead atoms. The number of rotatable bonds is 19. The minimum atomic E-state index is -1.30. The van der Waals surface area contributed by atoms with Gasteiger partial charge in [-0.1, -0.05) is 64.4 Å². The zero-order chi connectivity index (χ0) is 40.9. The van der Waals surface area contributed by atoms with Crippen LogP contribution in [0.15, 0.2) is 30.3 Å². The molecule has 0 saturated carbocycles. The number of amides is 6. The van der Waals surface area contributed by atoms with E-state index >= 15 is 0 Å². The molecule has 0 spiro atoms. The average Bonchev–Trinajstić information content (AvgIpc) is 3.15. The molecular weight excluding hydrogens is 694 g/mol. The number of benzene rings is 1. The average molecular weight is 758 g/mol. The molecule has 7 atom stereocenters. The van der Waals surface area contributed by atoms with Crippen molar-refractivity contribution in [3.8, 4) is 0 Å². The second-order valence-corrected chi connectivity index (χ2v) is 14.8. The van der Waals surface area contributed by atoms with E-state index in [1.807, 2.05) is 44.2 Å². The van der Waals surface area contributed by atoms with Gasteiger partial charge in [0.15, 0.2) is 0 Å². The maximum absolute atomic E-state index is 14.5. The molecule has 54 heavy (non-hydrogen) atoms. The molecule has 1 aromatic rings. The second-order valence-electron chi connectivity index (χ2n) is 14.8. The van der Waals surface area contributed by atoms with Crippen LogP contribution in [0.4, 0.5) is 0 Å². The number of carbonyl (C=O) groups is 7. The predicted molar refractivity (Wildman–Crippen MR) is 205 cm³/mol. The van der Waals surface area contributed by atoms with Gasteiger partial charge in [0.1, 0.15) is 30.2 Å². The summed E-state index contributed by atoms with van der Waals surface area (Å²) in [6.07, 6.45) is 2.88. The molecule has 0 unspecified atom stereocenters. The van der Waals surface area contributed by atoms with E-state index < -0.39 is 84.1 Å². The molecule has 4 N–H and O–H groups in total. The van der Waals surface area contributed by atoms with Crippen LogP contribution in [-0.2, 0) is 40.0 Å². The fraction of sp³-hybridized carbons (Fsp3) is 0.667. The number of aliphatic carboxylic acids is 1. The summed E-state index contributed by atoms with van der Waals surface area (Å²) in [6.45, 7) is 11.2. The lowest BCUT2D eigenvalue weighted by Crippen LogP contribution is -2.61. The summed E-state index contributed by atoms with van der Waals surface area (Å²) in [5.74, 6) is -4.82. The summed E-state index contributed by atoms with van der Waals surface area (Å²) in [5.41, 5.74) is 0.767. The predicted octanol–water partition coefficient (Wildman–Crippen LogP) is 1.50. The van der Waals surface area contributed by atoms with E-state index in [1.54, 1.807) is 32.7 Å². The Balaban J connectivity index is 2.43. The Morgan fingerprint density at radius 1 is 0.796 bits per heavy atom. The van der Waals surface area contributed by atoms with Crippen LogP contribution in [0.3, 0.4) is 0 Å². The summed E-state index contributed by atoms with van der Waals surface area (Å²) in [6, 6.07) is 2.98. The van der Waals surface area contributed by atoms with Crippen molar-refractivity contribution in [1.82, 2.24) is 35.6 Å². The number of nitrogens with one attached hydrogen (secondary N) is 3. The number of likely N-dealkylation sites (N-methyl/N-ethyl adjacent to an activating group) is 4. The SMILES string of the molecule is CC[C@H](C)[C@H](NC)C(=O)N[C@@H](C)C(=O)N(C)[C@@H](Cc1ccccc1)C(=O)N(C)[C@H](C(=O)N[C@@H](CC(=O)N(C)[C@@H](C)C(=O)O)C(=O)N1CCCCC1)C(C)C. The smallest absolute Gasteiger partial charge is 0.326 e. The standard InChI is InChI=1S/C39H63N7O8/c1-11-25(4)32(40-7)34(48)41-26(5)36(50)44(9)30(22-28-18-14-12-15-19-28)38(52)45(10)33(24(2)3)35(49)42-29(37(51)46-20-16-13-17-21-46)23-31(47)43(8)27(6)39(53)54/h12,14-15,18-19,24-27,29-30,32-33,40H,11,13,16-17,20-23H2,1-10H3,(H,41,48)(H,42,49)(H,53,54)/t25-,26-,27-,29-,30-,32-,33-/m0/s1. The number of hydrogen-bond acceptors (Lipinski definition) is 8. The highest BCUT2D eigenvalue weighted by atomic mass is 16.4. The Morgan fingerprint density at radius 3 is 1.91 bits per heavy atom. The molecule has 0 aliphatic carbocycles. The molecule has 6 amide bonds. The summed E-state index contributed by atoms with van der Waals surface area (Å²) in [5, 5.41) is 18.0. The van der Waals surface area contributed by atoms with Gasteiger partial charge in [0.25, 0.3) is 0 Å². The summed E-state index contributed by atoms with van der Waals surface area (Å²) < 4.78 is 0. The lowest BCUT2D eigenvalue weighted by Gasteiger charge is -2.38. The molecule has 1 saturated heterocycles. The first kappa shape index (κ1) is 45.6. The molecule has 2 rings (SSSR count). The fourth-order valence-electron chi connectivity index (χ4n) is 6.75. The highest BCUT2D eigenvalue weighted by Gasteiger charge is 2.40. The Labute approximate surface area is 320 Å². The van der Waals surface area contributed by atoms with Crippen LogP contribution in [-0.4, -0.2) is 144 Å². The van der Waals surface area contributed by atoms with Gasteiger partial charge in [-0.2, -0.15) is 0 Å². The summed E-state index contributed by atoms with van der Waals surface area (Å²) in [7, 11) is 5.97. The van der Waals surface area contributed by atoms with Crippen molar-refractivity contribution in [2.24, 2.45) is 11.8 Å². The molecule has 1 aliphatic rings. The third kappa shape index (κ3) is 12.3. The largest absolute Gasteiger partial charge is 0.480 e. The van der Waals surface area contributed by atoms with E-state index in [4.69, 9.17) is 0 Å². The topological polar surface area (TPSA) is 189 Å². The monoisotopic (exact) mass is 757 g/mol. The molecule has 1 heterocycles. The highest BCUT2D eigenvalue weighted by molar-refractivity contribution is 5.97. The van der Waals surface area contributed by atoms with Gasteiger partial charge in [-0.25, -0.2) is 4.79 Å². The molecule has 15 nitrogen and oxygen atoms in total. The Morgan fingerprint density at radius 2 is 1.39 bits per heavy atom. The van der Waals surface area contributed by atoms with Crippen molar-refractivity contribution in [2.45, 2.75) is 116 Å². The van der Waals surface area contributed by atoms with E-state index in [0.717, 1.165) is 36.1 Å². The van der Waals surface area contributed by atoms with Crippen LogP contribution < -0.4 is 16.0 Å². The number of nitrogens with zero attached hydrogens (tertiary/aromatic N) is 4. The molecular formula is C39H63N7O8. The van der Waals surface area contributed by atoms with Gasteiger partial charge >= 0.3 is 5.97 Å². The van der Waals surface area contributed by atoms with Crippen LogP contribution in [0.5, 0.6) is 0 Å². The number of piperidine rings is 1. The lowest BCUT2D eigenvalue weighted by molar-refractivity contribution is -0.151. The molecule has 0 radical (unpaired) electrons. The first-order valence-electron chi connectivity index (χ1n) is 19.0. The van der Waals surface area contributed by atoms with Gasteiger partial charge in [-0.05, 0) is 57.6 Å². The lowest BCUT2D eigenvalue weighted by atomic mass is 9.97. The Kier molecular flexibility index (Phi) is 18.1.